The highest BCUT2D eigenvalue weighted by Gasteiger charge is 2.10. The van der Waals surface area contributed by atoms with E-state index in [1.54, 1.807) is 19.2 Å². The van der Waals surface area contributed by atoms with Crippen LogP contribution < -0.4 is 4.74 Å². The zero-order valence-electron chi connectivity index (χ0n) is 14.8. The molecule has 0 aliphatic heterocycles. The van der Waals surface area contributed by atoms with Gasteiger partial charge in [0, 0.05) is 0 Å². The molecular formula is C24H18O3. The van der Waals surface area contributed by atoms with Gasteiger partial charge in [-0.15, -0.1) is 0 Å². The van der Waals surface area contributed by atoms with E-state index in [0.717, 1.165) is 38.8 Å². The van der Waals surface area contributed by atoms with E-state index >= 15 is 0 Å². The molecule has 0 radical (unpaired) electrons. The van der Waals surface area contributed by atoms with E-state index in [4.69, 9.17) is 9.84 Å². The highest BCUT2D eigenvalue weighted by molar-refractivity contribution is 6.05. The van der Waals surface area contributed by atoms with Gasteiger partial charge < -0.3 is 9.84 Å². The highest BCUT2D eigenvalue weighted by atomic mass is 16.5. The first-order valence-corrected chi connectivity index (χ1v) is 8.67. The van der Waals surface area contributed by atoms with Gasteiger partial charge in [0.25, 0.3) is 0 Å². The minimum absolute atomic E-state index is 0.290. The molecule has 4 rings (SSSR count). The molecule has 4 aromatic rings. The van der Waals surface area contributed by atoms with Gasteiger partial charge in [0.1, 0.15) is 5.75 Å². The molecule has 0 fully saturated rings. The van der Waals surface area contributed by atoms with Crippen molar-refractivity contribution in [3.8, 4) is 28.0 Å². The van der Waals surface area contributed by atoms with Crippen molar-refractivity contribution in [2.45, 2.75) is 0 Å². The molecule has 0 aliphatic rings. The molecule has 3 heteroatoms. The third kappa shape index (κ3) is 3.15. The van der Waals surface area contributed by atoms with E-state index < -0.39 is 5.97 Å². The minimum Gasteiger partial charge on any atom is -0.497 e. The van der Waals surface area contributed by atoms with Crippen molar-refractivity contribution in [3.05, 3.63) is 90.5 Å². The van der Waals surface area contributed by atoms with Crippen molar-refractivity contribution in [1.82, 2.24) is 0 Å². The molecule has 0 unspecified atom stereocenters. The van der Waals surface area contributed by atoms with Gasteiger partial charge in [-0.2, -0.15) is 0 Å². The highest BCUT2D eigenvalue weighted by Crippen LogP contribution is 2.36. The van der Waals surface area contributed by atoms with Crippen molar-refractivity contribution < 1.29 is 14.6 Å². The number of methoxy groups -OCH3 is 1. The van der Waals surface area contributed by atoms with Gasteiger partial charge in [0.05, 0.1) is 12.7 Å². The number of carbonyl (C=O) groups is 1. The monoisotopic (exact) mass is 354 g/mol. The molecule has 27 heavy (non-hydrogen) atoms. The van der Waals surface area contributed by atoms with Crippen molar-refractivity contribution in [2.75, 3.05) is 7.11 Å². The zero-order chi connectivity index (χ0) is 18.8. The standard InChI is InChI=1S/C24H18O3/c1-27-19-12-10-17(11-13-19)21-15-14-20(22-4-2-3-5-23(21)22)16-6-8-18(9-7-16)24(25)26/h2-15H,1H3,(H,25,26). The molecule has 3 nitrogen and oxygen atoms in total. The number of rotatable bonds is 4. The third-order valence-corrected chi connectivity index (χ3v) is 4.77. The second-order valence-corrected chi connectivity index (χ2v) is 6.32. The van der Waals surface area contributed by atoms with Crippen molar-refractivity contribution >= 4 is 16.7 Å². The first-order valence-electron chi connectivity index (χ1n) is 8.67. The van der Waals surface area contributed by atoms with Crippen LogP contribution in [0.25, 0.3) is 33.0 Å². The Hall–Kier alpha value is -3.59. The topological polar surface area (TPSA) is 46.5 Å². The fourth-order valence-electron chi connectivity index (χ4n) is 3.37. The number of hydrogen-bond donors (Lipinski definition) is 1. The van der Waals surface area contributed by atoms with E-state index in [9.17, 15) is 4.79 Å². The predicted molar refractivity (Wildman–Crippen MR) is 108 cm³/mol. The van der Waals surface area contributed by atoms with Crippen LogP contribution >= 0.6 is 0 Å². The van der Waals surface area contributed by atoms with Crippen LogP contribution in [0, 0.1) is 0 Å². The maximum atomic E-state index is 11.1. The van der Waals surface area contributed by atoms with Crippen LogP contribution in [0.1, 0.15) is 10.4 Å². The first-order chi connectivity index (χ1) is 13.2. The summed E-state index contributed by atoms with van der Waals surface area (Å²) in [4.78, 5) is 11.1. The summed E-state index contributed by atoms with van der Waals surface area (Å²) < 4.78 is 5.25. The van der Waals surface area contributed by atoms with E-state index in [2.05, 4.69) is 36.4 Å². The quantitative estimate of drug-likeness (QED) is 0.498. The minimum atomic E-state index is -0.915. The van der Waals surface area contributed by atoms with Gasteiger partial charge in [-0.1, -0.05) is 60.7 Å². The van der Waals surface area contributed by atoms with Crippen LogP contribution in [0.2, 0.25) is 0 Å². The molecule has 0 saturated heterocycles. The van der Waals surface area contributed by atoms with Gasteiger partial charge in [0.2, 0.25) is 0 Å². The number of hydrogen-bond acceptors (Lipinski definition) is 2. The lowest BCUT2D eigenvalue weighted by Crippen LogP contribution is -1.95. The Bertz CT molecular complexity index is 1110. The summed E-state index contributed by atoms with van der Waals surface area (Å²) >= 11 is 0. The van der Waals surface area contributed by atoms with Crippen molar-refractivity contribution in [1.29, 1.82) is 0 Å². The number of carboxylic acids is 1. The number of ether oxygens (including phenoxy) is 1. The molecule has 0 heterocycles. The van der Waals surface area contributed by atoms with E-state index in [0.29, 0.717) is 0 Å². The summed E-state index contributed by atoms with van der Waals surface area (Å²) in [5.41, 5.74) is 4.65. The van der Waals surface area contributed by atoms with Crippen molar-refractivity contribution in [2.24, 2.45) is 0 Å². The summed E-state index contributed by atoms with van der Waals surface area (Å²) in [7, 11) is 1.66. The Labute approximate surface area is 157 Å². The largest absolute Gasteiger partial charge is 0.497 e. The summed E-state index contributed by atoms with van der Waals surface area (Å²) in [6, 6.07) is 27.5. The summed E-state index contributed by atoms with van der Waals surface area (Å²) in [5.74, 6) is -0.0838. The number of fused-ring (bicyclic) bond motifs is 1. The molecule has 0 aromatic heterocycles. The average molecular weight is 354 g/mol. The molecular weight excluding hydrogens is 336 g/mol. The third-order valence-electron chi connectivity index (χ3n) is 4.77. The molecule has 0 spiro atoms. The van der Waals surface area contributed by atoms with Gasteiger partial charge in [0.15, 0.2) is 0 Å². The van der Waals surface area contributed by atoms with E-state index in [1.165, 1.54) is 0 Å². The molecule has 1 N–H and O–H groups in total. The average Bonchev–Trinajstić information content (AvgIpc) is 2.73. The summed E-state index contributed by atoms with van der Waals surface area (Å²) in [5, 5.41) is 11.4. The van der Waals surface area contributed by atoms with Gasteiger partial charge in [-0.25, -0.2) is 4.79 Å². The van der Waals surface area contributed by atoms with Crippen molar-refractivity contribution in [3.63, 3.8) is 0 Å². The Kier molecular flexibility index (Phi) is 4.35. The number of aromatic carboxylic acids is 1. The molecule has 0 atom stereocenters. The van der Waals surface area contributed by atoms with Crippen LogP contribution in [-0.4, -0.2) is 18.2 Å². The van der Waals surface area contributed by atoms with Gasteiger partial charge in [-0.3, -0.25) is 0 Å². The molecule has 0 aliphatic carbocycles. The predicted octanol–water partition coefficient (Wildman–Crippen LogP) is 5.88. The smallest absolute Gasteiger partial charge is 0.335 e. The second kappa shape index (κ2) is 6.96. The molecule has 0 amide bonds. The lowest BCUT2D eigenvalue weighted by molar-refractivity contribution is 0.0697. The van der Waals surface area contributed by atoms with Crippen LogP contribution in [0.15, 0.2) is 84.9 Å². The molecule has 0 bridgehead atoms. The Balaban J connectivity index is 1.86. The molecule has 132 valence electrons. The van der Waals surface area contributed by atoms with Crippen LogP contribution in [0.4, 0.5) is 0 Å². The SMILES string of the molecule is COc1ccc(-c2ccc(-c3ccc(C(=O)O)cc3)c3ccccc23)cc1. The number of benzene rings is 4. The lowest BCUT2D eigenvalue weighted by atomic mass is 9.92. The Morgan fingerprint density at radius 2 is 1.19 bits per heavy atom. The summed E-state index contributed by atoms with van der Waals surface area (Å²) in [6.45, 7) is 0. The van der Waals surface area contributed by atoms with Crippen LogP contribution in [0.3, 0.4) is 0 Å². The van der Waals surface area contributed by atoms with E-state index in [1.807, 2.05) is 36.4 Å². The lowest BCUT2D eigenvalue weighted by Gasteiger charge is -2.12. The van der Waals surface area contributed by atoms with Gasteiger partial charge in [-0.05, 0) is 57.3 Å². The molecule has 0 saturated carbocycles. The molecule has 4 aromatic carbocycles. The fourth-order valence-corrected chi connectivity index (χ4v) is 3.37. The Morgan fingerprint density at radius 1 is 0.704 bits per heavy atom. The second-order valence-electron chi connectivity index (χ2n) is 6.32. The normalized spacial score (nSPS) is 10.7. The Morgan fingerprint density at radius 3 is 1.63 bits per heavy atom. The summed E-state index contributed by atoms with van der Waals surface area (Å²) in [6.07, 6.45) is 0. The van der Waals surface area contributed by atoms with Crippen LogP contribution in [-0.2, 0) is 0 Å². The fraction of sp³-hybridized carbons (Fsp3) is 0.0417. The van der Waals surface area contributed by atoms with Crippen LogP contribution in [0.5, 0.6) is 5.75 Å². The van der Waals surface area contributed by atoms with E-state index in [-0.39, 0.29) is 5.56 Å². The maximum Gasteiger partial charge on any atom is 0.335 e. The number of carboxylic acid groups (broad SMARTS) is 1. The van der Waals surface area contributed by atoms with Gasteiger partial charge >= 0.3 is 5.97 Å². The maximum absolute atomic E-state index is 11.1. The first kappa shape index (κ1) is 16.9. The zero-order valence-corrected chi connectivity index (χ0v) is 14.8.